The summed E-state index contributed by atoms with van der Waals surface area (Å²) in [6, 6.07) is 9.01. The van der Waals surface area contributed by atoms with Crippen molar-refractivity contribution in [3.63, 3.8) is 0 Å². The summed E-state index contributed by atoms with van der Waals surface area (Å²) in [5, 5.41) is 9.13. The fourth-order valence-electron chi connectivity index (χ4n) is 0.642. The lowest BCUT2D eigenvalue weighted by Crippen LogP contribution is -1.64. The third-order valence-electron chi connectivity index (χ3n) is 1.28. The lowest BCUT2D eigenvalue weighted by molar-refractivity contribution is 0.321. The van der Waals surface area contributed by atoms with Crippen LogP contribution in [0, 0.1) is 6.92 Å². The van der Waals surface area contributed by atoms with Gasteiger partial charge in [0.2, 0.25) is 0 Å². The number of hydrogen-bond acceptors (Lipinski definition) is 2. The van der Waals surface area contributed by atoms with E-state index < -0.39 is 0 Å². The largest absolute Gasteiger partial charge is 0.481 e. The van der Waals surface area contributed by atoms with Gasteiger partial charge in [-0.25, -0.2) is 0 Å². The molecule has 11 heavy (non-hydrogen) atoms. The Balaban J connectivity index is 3.28. The summed E-state index contributed by atoms with van der Waals surface area (Å²) in [4.78, 5) is 0. The summed E-state index contributed by atoms with van der Waals surface area (Å²) in [6.45, 7) is 1.78. The van der Waals surface area contributed by atoms with Crippen LogP contribution in [0.1, 0.15) is 5.56 Å². The van der Waals surface area contributed by atoms with Gasteiger partial charge in [0, 0.05) is 5.56 Å². The molecule has 0 bridgehead atoms. The van der Waals surface area contributed by atoms with Crippen molar-refractivity contribution in [1.29, 1.82) is 0 Å². The van der Waals surface area contributed by atoms with Crippen LogP contribution in [-0.4, -0.2) is 5.11 Å². The molecule has 0 aliphatic heterocycles. The van der Waals surface area contributed by atoms with Crippen molar-refractivity contribution in [3.05, 3.63) is 42.2 Å². The van der Waals surface area contributed by atoms with E-state index in [-0.39, 0.29) is 5.95 Å². The first-order valence-electron chi connectivity index (χ1n) is 3.37. The SMILES string of the molecule is Cc1ccccccoc1O. The van der Waals surface area contributed by atoms with E-state index in [0.717, 1.165) is 0 Å². The minimum absolute atomic E-state index is 0.0544. The average Bonchev–Trinajstić information content (AvgIpc) is 2.07. The molecular formula is C9H10O2. The highest BCUT2D eigenvalue weighted by atomic mass is 16.5. The smallest absolute Gasteiger partial charge is 0.284 e. The summed E-state index contributed by atoms with van der Waals surface area (Å²) < 4.78 is 4.83. The average molecular weight is 150 g/mol. The molecule has 58 valence electrons. The van der Waals surface area contributed by atoms with Crippen molar-refractivity contribution in [2.24, 2.45) is 0 Å². The van der Waals surface area contributed by atoms with Gasteiger partial charge in [0.05, 0.1) is 6.26 Å². The Morgan fingerprint density at radius 1 is 1.18 bits per heavy atom. The monoisotopic (exact) mass is 150 g/mol. The Bertz CT molecular complexity index is 248. The van der Waals surface area contributed by atoms with Crippen LogP contribution < -0.4 is 0 Å². The molecule has 2 heteroatoms. The molecule has 0 aromatic carbocycles. The van der Waals surface area contributed by atoms with Crippen molar-refractivity contribution in [1.82, 2.24) is 0 Å². The van der Waals surface area contributed by atoms with E-state index >= 15 is 0 Å². The molecule has 1 aromatic rings. The number of aryl methyl sites for hydroxylation is 1. The van der Waals surface area contributed by atoms with Crippen LogP contribution in [0.5, 0.6) is 5.95 Å². The van der Waals surface area contributed by atoms with Gasteiger partial charge in [-0.3, -0.25) is 0 Å². The van der Waals surface area contributed by atoms with E-state index in [1.54, 1.807) is 19.1 Å². The predicted molar refractivity (Wildman–Crippen MR) is 42.7 cm³/mol. The Hall–Kier alpha value is -1.44. The molecule has 0 fully saturated rings. The van der Waals surface area contributed by atoms with Gasteiger partial charge >= 0.3 is 0 Å². The van der Waals surface area contributed by atoms with E-state index in [4.69, 9.17) is 9.52 Å². The van der Waals surface area contributed by atoms with Gasteiger partial charge in [0.1, 0.15) is 0 Å². The fourth-order valence-corrected chi connectivity index (χ4v) is 0.642. The highest BCUT2D eigenvalue weighted by Gasteiger charge is 1.88. The third-order valence-corrected chi connectivity index (χ3v) is 1.28. The normalized spacial score (nSPS) is 8.82. The minimum atomic E-state index is -0.0544. The molecule has 1 N–H and O–H groups in total. The molecule has 0 unspecified atom stereocenters. The molecule has 0 amide bonds. The lowest BCUT2D eigenvalue weighted by Gasteiger charge is -1.87. The quantitative estimate of drug-likeness (QED) is 0.616. The van der Waals surface area contributed by atoms with Crippen LogP contribution in [-0.2, 0) is 0 Å². The van der Waals surface area contributed by atoms with Gasteiger partial charge < -0.3 is 9.52 Å². The molecule has 0 spiro atoms. The van der Waals surface area contributed by atoms with Crippen LogP contribution in [0.2, 0.25) is 0 Å². The van der Waals surface area contributed by atoms with E-state index in [0.29, 0.717) is 5.56 Å². The summed E-state index contributed by atoms with van der Waals surface area (Å²) in [5.74, 6) is -0.0544. The number of hydrogen-bond donors (Lipinski definition) is 1. The van der Waals surface area contributed by atoms with Crippen LogP contribution in [0.4, 0.5) is 0 Å². The van der Waals surface area contributed by atoms with Gasteiger partial charge in [-0.15, -0.1) is 0 Å². The maximum Gasteiger partial charge on any atom is 0.284 e. The Kier molecular flexibility index (Phi) is 2.55. The molecule has 0 radical (unpaired) electrons. The topological polar surface area (TPSA) is 33.4 Å². The van der Waals surface area contributed by atoms with Crippen LogP contribution >= 0.6 is 0 Å². The predicted octanol–water partition coefficient (Wildman–Crippen LogP) is 2.42. The molecule has 0 aliphatic rings. The second-order valence-electron chi connectivity index (χ2n) is 2.18. The first-order chi connectivity index (χ1) is 5.30. The van der Waals surface area contributed by atoms with Gasteiger partial charge in [0.25, 0.3) is 5.95 Å². The molecule has 1 rings (SSSR count). The second-order valence-corrected chi connectivity index (χ2v) is 2.18. The standard InChI is InChI=1S/C9H10O2/c1-8-6-4-2-3-5-7-11-9(8)10/h2-7,10H,1H3. The first kappa shape index (κ1) is 7.66. The third kappa shape index (κ3) is 2.34. The highest BCUT2D eigenvalue weighted by Crippen LogP contribution is 2.10. The Morgan fingerprint density at radius 3 is 2.73 bits per heavy atom. The Morgan fingerprint density at radius 2 is 1.91 bits per heavy atom. The first-order valence-corrected chi connectivity index (χ1v) is 3.37. The molecule has 1 heterocycles. The van der Waals surface area contributed by atoms with E-state index in [9.17, 15) is 0 Å². The summed E-state index contributed by atoms with van der Waals surface area (Å²) in [5.41, 5.74) is 0.709. The van der Waals surface area contributed by atoms with Crippen molar-refractivity contribution >= 4 is 0 Å². The summed E-state index contributed by atoms with van der Waals surface area (Å²) in [6.07, 6.45) is 1.43. The van der Waals surface area contributed by atoms with Gasteiger partial charge in [-0.2, -0.15) is 0 Å². The molecule has 1 aromatic heterocycles. The van der Waals surface area contributed by atoms with Crippen LogP contribution in [0.15, 0.2) is 41.0 Å². The second kappa shape index (κ2) is 3.66. The molecule has 0 atom stereocenters. The van der Waals surface area contributed by atoms with Crippen molar-refractivity contribution in [2.75, 3.05) is 0 Å². The van der Waals surface area contributed by atoms with E-state index in [1.807, 2.05) is 18.2 Å². The van der Waals surface area contributed by atoms with Crippen LogP contribution in [0.25, 0.3) is 0 Å². The van der Waals surface area contributed by atoms with E-state index in [1.165, 1.54) is 6.26 Å². The van der Waals surface area contributed by atoms with Crippen LogP contribution in [0.3, 0.4) is 0 Å². The zero-order chi connectivity index (χ0) is 8.10. The fraction of sp³-hybridized carbons (Fsp3) is 0.111. The van der Waals surface area contributed by atoms with Gasteiger partial charge in [-0.1, -0.05) is 24.3 Å². The van der Waals surface area contributed by atoms with E-state index in [2.05, 4.69) is 0 Å². The number of rotatable bonds is 0. The maximum absolute atomic E-state index is 9.13. The zero-order valence-electron chi connectivity index (χ0n) is 6.32. The number of aromatic hydroxyl groups is 1. The molecule has 0 saturated heterocycles. The molecule has 0 aliphatic carbocycles. The van der Waals surface area contributed by atoms with Gasteiger partial charge in [-0.05, 0) is 13.0 Å². The Labute approximate surface area is 65.4 Å². The highest BCUT2D eigenvalue weighted by molar-refractivity contribution is 5.16. The summed E-state index contributed by atoms with van der Waals surface area (Å²) >= 11 is 0. The molecule has 0 saturated carbocycles. The van der Waals surface area contributed by atoms with Crippen molar-refractivity contribution in [3.8, 4) is 5.95 Å². The summed E-state index contributed by atoms with van der Waals surface area (Å²) in [7, 11) is 0. The van der Waals surface area contributed by atoms with Gasteiger partial charge in [0.15, 0.2) is 0 Å². The molecular weight excluding hydrogens is 140 g/mol. The molecule has 2 nitrogen and oxygen atoms in total. The van der Waals surface area contributed by atoms with Crippen molar-refractivity contribution in [2.45, 2.75) is 6.92 Å². The lowest BCUT2D eigenvalue weighted by atomic mass is 10.3. The zero-order valence-corrected chi connectivity index (χ0v) is 6.32. The minimum Gasteiger partial charge on any atom is -0.481 e. The maximum atomic E-state index is 9.13. The van der Waals surface area contributed by atoms with Crippen molar-refractivity contribution < 1.29 is 9.52 Å².